The van der Waals surface area contributed by atoms with Crippen LogP contribution in [0.25, 0.3) is 16.9 Å². The molecule has 0 N–H and O–H groups in total. The van der Waals surface area contributed by atoms with Gasteiger partial charge >= 0.3 is 0 Å². The van der Waals surface area contributed by atoms with Crippen molar-refractivity contribution in [2.75, 3.05) is 0 Å². The van der Waals surface area contributed by atoms with Gasteiger partial charge in [0.2, 0.25) is 0 Å². The van der Waals surface area contributed by atoms with Crippen LogP contribution in [0.1, 0.15) is 18.3 Å². The molecule has 2 nitrogen and oxygen atoms in total. The molecule has 0 unspecified atom stereocenters. The number of imidazole rings is 1. The molecule has 0 atom stereocenters. The minimum atomic E-state index is -0.267. The number of nitrogens with zero attached hydrogens (tertiary/aromatic N) is 2. The molecule has 3 rings (SSSR count). The molecule has 0 saturated heterocycles. The van der Waals surface area contributed by atoms with Gasteiger partial charge in [-0.15, -0.1) is 0 Å². The van der Waals surface area contributed by atoms with Crippen molar-refractivity contribution in [3.63, 3.8) is 0 Å². The highest BCUT2D eigenvalue weighted by atomic mass is 19.1. The average Bonchev–Trinajstić information content (AvgIpc) is 2.95. The normalized spacial score (nSPS) is 10.9. The maximum Gasteiger partial charge on any atom is 0.126 e. The van der Waals surface area contributed by atoms with E-state index in [0.29, 0.717) is 5.56 Å². The van der Waals surface area contributed by atoms with E-state index in [9.17, 15) is 8.78 Å². The third kappa shape index (κ3) is 2.64. The second-order valence-electron chi connectivity index (χ2n) is 5.21. The second kappa shape index (κ2) is 5.72. The summed E-state index contributed by atoms with van der Waals surface area (Å²) in [5, 5.41) is 0. The first-order valence-corrected chi connectivity index (χ1v) is 7.19. The van der Waals surface area contributed by atoms with Crippen molar-refractivity contribution in [2.45, 2.75) is 20.3 Å². The smallest absolute Gasteiger partial charge is 0.126 e. The summed E-state index contributed by atoms with van der Waals surface area (Å²) in [6, 6.07) is 11.2. The molecular weight excluding hydrogens is 282 g/mol. The summed E-state index contributed by atoms with van der Waals surface area (Å²) >= 11 is 0. The van der Waals surface area contributed by atoms with Gasteiger partial charge in [0, 0.05) is 23.9 Å². The summed E-state index contributed by atoms with van der Waals surface area (Å²) in [5.41, 5.74) is 3.10. The van der Waals surface area contributed by atoms with E-state index in [1.165, 1.54) is 18.2 Å². The van der Waals surface area contributed by atoms with Crippen LogP contribution in [0.15, 0.2) is 48.7 Å². The first-order valence-electron chi connectivity index (χ1n) is 7.19. The van der Waals surface area contributed by atoms with Gasteiger partial charge in [0.05, 0.1) is 5.69 Å². The minimum absolute atomic E-state index is 0.225. The summed E-state index contributed by atoms with van der Waals surface area (Å²) in [4.78, 5) is 4.62. The van der Waals surface area contributed by atoms with E-state index in [1.54, 1.807) is 31.2 Å². The van der Waals surface area contributed by atoms with Crippen LogP contribution in [0, 0.1) is 18.6 Å². The van der Waals surface area contributed by atoms with E-state index >= 15 is 0 Å². The van der Waals surface area contributed by atoms with E-state index in [-0.39, 0.29) is 11.6 Å². The second-order valence-corrected chi connectivity index (χ2v) is 5.21. The highest BCUT2D eigenvalue weighted by Crippen LogP contribution is 2.24. The zero-order chi connectivity index (χ0) is 15.7. The van der Waals surface area contributed by atoms with Crippen LogP contribution in [0.4, 0.5) is 8.78 Å². The third-order valence-electron chi connectivity index (χ3n) is 3.65. The van der Waals surface area contributed by atoms with Crippen LogP contribution in [0.5, 0.6) is 0 Å². The Morgan fingerprint density at radius 3 is 2.41 bits per heavy atom. The van der Waals surface area contributed by atoms with Crippen LogP contribution in [-0.2, 0) is 6.42 Å². The Morgan fingerprint density at radius 2 is 1.77 bits per heavy atom. The van der Waals surface area contributed by atoms with Gasteiger partial charge < -0.3 is 4.57 Å². The Kier molecular flexibility index (Phi) is 3.75. The molecule has 0 bridgehead atoms. The largest absolute Gasteiger partial charge is 0.303 e. The predicted molar refractivity (Wildman–Crippen MR) is 83.0 cm³/mol. The number of hydrogen-bond acceptors (Lipinski definition) is 1. The van der Waals surface area contributed by atoms with Crippen LogP contribution < -0.4 is 0 Å². The molecule has 3 aromatic rings. The number of aromatic nitrogens is 2. The van der Waals surface area contributed by atoms with Crippen molar-refractivity contribution in [3.8, 4) is 16.9 Å². The molecule has 0 fully saturated rings. The van der Waals surface area contributed by atoms with Gasteiger partial charge in [0.15, 0.2) is 0 Å². The summed E-state index contributed by atoms with van der Waals surface area (Å²) in [5.74, 6) is 0.386. The molecule has 0 radical (unpaired) electrons. The van der Waals surface area contributed by atoms with E-state index < -0.39 is 0 Å². The van der Waals surface area contributed by atoms with Gasteiger partial charge in [-0.05, 0) is 55.0 Å². The zero-order valence-corrected chi connectivity index (χ0v) is 12.5. The van der Waals surface area contributed by atoms with Crippen LogP contribution in [0.2, 0.25) is 0 Å². The monoisotopic (exact) mass is 298 g/mol. The van der Waals surface area contributed by atoms with Gasteiger partial charge in [-0.1, -0.05) is 6.92 Å². The topological polar surface area (TPSA) is 17.8 Å². The van der Waals surface area contributed by atoms with Crippen LogP contribution in [-0.4, -0.2) is 9.55 Å². The van der Waals surface area contributed by atoms with E-state index in [2.05, 4.69) is 4.98 Å². The summed E-state index contributed by atoms with van der Waals surface area (Å²) in [6.45, 7) is 3.75. The van der Waals surface area contributed by atoms with Crippen molar-refractivity contribution >= 4 is 0 Å². The maximum absolute atomic E-state index is 13.4. The van der Waals surface area contributed by atoms with Gasteiger partial charge in [-0.3, -0.25) is 0 Å². The molecule has 0 spiro atoms. The quantitative estimate of drug-likeness (QED) is 0.686. The fourth-order valence-electron chi connectivity index (χ4n) is 2.44. The lowest BCUT2D eigenvalue weighted by molar-refractivity contribution is 0.618. The molecule has 0 amide bonds. The van der Waals surface area contributed by atoms with Gasteiger partial charge in [0.25, 0.3) is 0 Å². The van der Waals surface area contributed by atoms with Crippen molar-refractivity contribution < 1.29 is 8.78 Å². The maximum atomic E-state index is 13.4. The molecule has 2 aromatic carbocycles. The number of rotatable bonds is 3. The van der Waals surface area contributed by atoms with Gasteiger partial charge in [0.1, 0.15) is 17.5 Å². The van der Waals surface area contributed by atoms with E-state index in [4.69, 9.17) is 0 Å². The average molecular weight is 298 g/mol. The summed E-state index contributed by atoms with van der Waals surface area (Å²) < 4.78 is 28.4. The summed E-state index contributed by atoms with van der Waals surface area (Å²) in [6.07, 6.45) is 2.65. The molecule has 0 aliphatic carbocycles. The predicted octanol–water partition coefficient (Wildman–Crippen LogP) is 4.69. The first kappa shape index (κ1) is 14.4. The third-order valence-corrected chi connectivity index (χ3v) is 3.65. The van der Waals surface area contributed by atoms with E-state index in [0.717, 1.165) is 29.2 Å². The lowest BCUT2D eigenvalue weighted by atomic mass is 10.1. The van der Waals surface area contributed by atoms with Crippen LogP contribution in [0.3, 0.4) is 0 Å². The van der Waals surface area contributed by atoms with E-state index in [1.807, 2.05) is 17.7 Å². The van der Waals surface area contributed by atoms with Gasteiger partial charge in [-0.25, -0.2) is 13.8 Å². The molecule has 0 aliphatic rings. The van der Waals surface area contributed by atoms with Gasteiger partial charge in [-0.2, -0.15) is 0 Å². The number of hydrogen-bond donors (Lipinski definition) is 0. The molecule has 22 heavy (non-hydrogen) atoms. The molecule has 0 saturated carbocycles. The fraction of sp³-hybridized carbons (Fsp3) is 0.167. The Bertz CT molecular complexity index is 804. The van der Waals surface area contributed by atoms with Crippen molar-refractivity contribution in [1.82, 2.24) is 9.55 Å². The minimum Gasteiger partial charge on any atom is -0.303 e. The van der Waals surface area contributed by atoms with Crippen molar-refractivity contribution in [3.05, 3.63) is 71.7 Å². The van der Waals surface area contributed by atoms with Crippen molar-refractivity contribution in [1.29, 1.82) is 0 Å². The Hall–Kier alpha value is -2.49. The molecule has 4 heteroatoms. The Balaban J connectivity index is 2.07. The Morgan fingerprint density at radius 1 is 1.05 bits per heavy atom. The molecular formula is C18H16F2N2. The highest BCUT2D eigenvalue weighted by Gasteiger charge is 2.11. The number of halogens is 2. The zero-order valence-electron chi connectivity index (χ0n) is 12.5. The number of benzene rings is 2. The summed E-state index contributed by atoms with van der Waals surface area (Å²) in [7, 11) is 0. The lowest BCUT2D eigenvalue weighted by Crippen LogP contribution is -1.98. The molecule has 1 aromatic heterocycles. The SMILES string of the molecule is CCc1nc(-c2ccc(F)c(C)c2)cn1-c1ccc(F)cc1. The van der Waals surface area contributed by atoms with Crippen LogP contribution >= 0.6 is 0 Å². The molecule has 0 aliphatic heterocycles. The molecule has 1 heterocycles. The first-order chi connectivity index (χ1) is 10.6. The standard InChI is InChI=1S/C18H16F2N2/c1-3-18-21-17(13-4-9-16(20)12(2)10-13)11-22(18)15-7-5-14(19)6-8-15/h4-11H,3H2,1-2H3. The van der Waals surface area contributed by atoms with Crippen molar-refractivity contribution in [2.24, 2.45) is 0 Å². The fourth-order valence-corrected chi connectivity index (χ4v) is 2.44. The number of aryl methyl sites for hydroxylation is 2. The Labute approximate surface area is 128 Å². The lowest BCUT2D eigenvalue weighted by Gasteiger charge is -2.05. The highest BCUT2D eigenvalue weighted by molar-refractivity contribution is 5.60. The molecule has 112 valence electrons.